The van der Waals surface area contributed by atoms with Gasteiger partial charge in [-0.15, -0.1) is 0 Å². The number of benzene rings is 1. The third-order valence-electron chi connectivity index (χ3n) is 2.91. The van der Waals surface area contributed by atoms with Crippen molar-refractivity contribution >= 4 is 5.69 Å². The predicted molar refractivity (Wildman–Crippen MR) is 73.4 cm³/mol. The van der Waals surface area contributed by atoms with Crippen LogP contribution in [0.1, 0.15) is 26.7 Å². The quantitative estimate of drug-likeness (QED) is 0.557. The number of unbranched alkanes of at least 4 members (excludes halogenated alkanes) is 1. The molecule has 0 fully saturated rings. The lowest BCUT2D eigenvalue weighted by Gasteiger charge is -2.17. The van der Waals surface area contributed by atoms with Crippen molar-refractivity contribution in [2.24, 2.45) is 0 Å². The van der Waals surface area contributed by atoms with E-state index in [4.69, 9.17) is 10.5 Å². The van der Waals surface area contributed by atoms with Gasteiger partial charge in [0.2, 0.25) is 0 Å². The summed E-state index contributed by atoms with van der Waals surface area (Å²) in [5.41, 5.74) is 6.38. The summed E-state index contributed by atoms with van der Waals surface area (Å²) < 4.78 is 5.64. The molecule has 0 radical (unpaired) electrons. The zero-order valence-electron chi connectivity index (χ0n) is 11.0. The first-order valence-corrected chi connectivity index (χ1v) is 6.47. The topological polar surface area (TPSA) is 38.5 Å². The third-order valence-corrected chi connectivity index (χ3v) is 2.91. The SMILES string of the molecule is CCN(CC)CCCCOc1ccc(N)cc1. The molecular weight excluding hydrogens is 212 g/mol. The molecule has 0 saturated heterocycles. The van der Waals surface area contributed by atoms with Gasteiger partial charge in [-0.05, 0) is 56.7 Å². The second kappa shape index (κ2) is 7.96. The van der Waals surface area contributed by atoms with Gasteiger partial charge in [0, 0.05) is 5.69 Å². The Kier molecular flexibility index (Phi) is 6.48. The van der Waals surface area contributed by atoms with E-state index in [-0.39, 0.29) is 0 Å². The maximum absolute atomic E-state index is 5.64. The Labute approximate surface area is 105 Å². The molecule has 17 heavy (non-hydrogen) atoms. The fourth-order valence-corrected chi connectivity index (χ4v) is 1.73. The molecule has 0 amide bonds. The molecule has 1 aromatic rings. The maximum Gasteiger partial charge on any atom is 0.119 e. The Morgan fingerprint density at radius 2 is 1.71 bits per heavy atom. The highest BCUT2D eigenvalue weighted by Gasteiger charge is 1.98. The summed E-state index contributed by atoms with van der Waals surface area (Å²) in [5, 5.41) is 0. The van der Waals surface area contributed by atoms with E-state index in [1.165, 1.54) is 6.42 Å². The number of ether oxygens (including phenoxy) is 1. The van der Waals surface area contributed by atoms with Crippen LogP contribution in [0.3, 0.4) is 0 Å². The van der Waals surface area contributed by atoms with Crippen LogP contribution in [0.5, 0.6) is 5.75 Å². The minimum atomic E-state index is 0.777. The summed E-state index contributed by atoms with van der Waals surface area (Å²) >= 11 is 0. The van der Waals surface area contributed by atoms with Gasteiger partial charge in [0.1, 0.15) is 5.75 Å². The third kappa shape index (κ3) is 5.59. The molecule has 0 atom stereocenters. The summed E-state index contributed by atoms with van der Waals surface area (Å²) in [6.07, 6.45) is 2.29. The lowest BCUT2D eigenvalue weighted by Crippen LogP contribution is -2.24. The molecule has 3 nitrogen and oxygen atoms in total. The highest BCUT2D eigenvalue weighted by molar-refractivity contribution is 5.41. The van der Waals surface area contributed by atoms with E-state index in [1.807, 2.05) is 24.3 Å². The molecule has 1 aromatic carbocycles. The van der Waals surface area contributed by atoms with Gasteiger partial charge in [-0.1, -0.05) is 13.8 Å². The molecule has 96 valence electrons. The molecule has 0 aliphatic carbocycles. The number of anilines is 1. The van der Waals surface area contributed by atoms with Crippen molar-refractivity contribution in [3.8, 4) is 5.75 Å². The second-order valence-corrected chi connectivity index (χ2v) is 4.15. The van der Waals surface area contributed by atoms with E-state index >= 15 is 0 Å². The zero-order chi connectivity index (χ0) is 12.5. The van der Waals surface area contributed by atoms with Gasteiger partial charge in [0.15, 0.2) is 0 Å². The van der Waals surface area contributed by atoms with E-state index in [1.54, 1.807) is 0 Å². The molecule has 3 heteroatoms. The van der Waals surface area contributed by atoms with Crippen molar-refractivity contribution in [2.75, 3.05) is 32.0 Å². The molecule has 0 spiro atoms. The van der Waals surface area contributed by atoms with Crippen molar-refractivity contribution in [3.63, 3.8) is 0 Å². The van der Waals surface area contributed by atoms with Crippen molar-refractivity contribution in [3.05, 3.63) is 24.3 Å². The Bertz CT molecular complexity index is 294. The first-order chi connectivity index (χ1) is 8.26. The van der Waals surface area contributed by atoms with E-state index in [9.17, 15) is 0 Å². The number of hydrogen-bond acceptors (Lipinski definition) is 3. The number of nitrogens with two attached hydrogens (primary N) is 1. The van der Waals surface area contributed by atoms with Crippen LogP contribution in [0.4, 0.5) is 5.69 Å². The average molecular weight is 236 g/mol. The molecule has 2 N–H and O–H groups in total. The van der Waals surface area contributed by atoms with Gasteiger partial charge in [0.05, 0.1) is 6.61 Å². The van der Waals surface area contributed by atoms with Crippen LogP contribution < -0.4 is 10.5 Å². The van der Waals surface area contributed by atoms with Crippen molar-refractivity contribution in [1.29, 1.82) is 0 Å². The minimum Gasteiger partial charge on any atom is -0.494 e. The molecule has 0 saturated carbocycles. The molecule has 0 aliphatic rings. The lowest BCUT2D eigenvalue weighted by atomic mass is 10.3. The van der Waals surface area contributed by atoms with E-state index < -0.39 is 0 Å². The molecule has 0 aliphatic heterocycles. The minimum absolute atomic E-state index is 0.777. The van der Waals surface area contributed by atoms with Crippen LogP contribution >= 0.6 is 0 Å². The smallest absolute Gasteiger partial charge is 0.119 e. The lowest BCUT2D eigenvalue weighted by molar-refractivity contribution is 0.266. The van der Waals surface area contributed by atoms with Crippen LogP contribution in [0.2, 0.25) is 0 Å². The fraction of sp³-hybridized carbons (Fsp3) is 0.571. The summed E-state index contributed by atoms with van der Waals surface area (Å²) in [6.45, 7) is 8.62. The molecule has 0 heterocycles. The van der Waals surface area contributed by atoms with Gasteiger partial charge in [-0.3, -0.25) is 0 Å². The Morgan fingerprint density at radius 1 is 1.06 bits per heavy atom. The summed E-state index contributed by atoms with van der Waals surface area (Å²) in [6, 6.07) is 7.57. The van der Waals surface area contributed by atoms with Gasteiger partial charge in [-0.25, -0.2) is 0 Å². The standard InChI is InChI=1S/C14H24N2O/c1-3-16(4-2)11-5-6-12-17-14-9-7-13(15)8-10-14/h7-10H,3-6,11-12,15H2,1-2H3. The average Bonchev–Trinajstić information content (AvgIpc) is 2.36. The maximum atomic E-state index is 5.64. The summed E-state index contributed by atoms with van der Waals surface area (Å²) in [7, 11) is 0. The van der Waals surface area contributed by atoms with Crippen molar-refractivity contribution in [2.45, 2.75) is 26.7 Å². The van der Waals surface area contributed by atoms with E-state index in [0.717, 1.165) is 44.1 Å². The van der Waals surface area contributed by atoms with Gasteiger partial charge < -0.3 is 15.4 Å². The first-order valence-electron chi connectivity index (χ1n) is 6.47. The monoisotopic (exact) mass is 236 g/mol. The highest BCUT2D eigenvalue weighted by Crippen LogP contribution is 2.13. The fourth-order valence-electron chi connectivity index (χ4n) is 1.73. The van der Waals surface area contributed by atoms with Gasteiger partial charge in [-0.2, -0.15) is 0 Å². The number of rotatable bonds is 8. The van der Waals surface area contributed by atoms with Crippen LogP contribution in [0.15, 0.2) is 24.3 Å². The van der Waals surface area contributed by atoms with E-state index in [0.29, 0.717) is 0 Å². The van der Waals surface area contributed by atoms with E-state index in [2.05, 4.69) is 18.7 Å². The van der Waals surface area contributed by atoms with Crippen LogP contribution in [-0.2, 0) is 0 Å². The summed E-state index contributed by atoms with van der Waals surface area (Å²) in [5.74, 6) is 0.905. The van der Waals surface area contributed by atoms with Crippen molar-refractivity contribution in [1.82, 2.24) is 4.90 Å². The molecule has 0 unspecified atom stereocenters. The molecule has 0 bridgehead atoms. The van der Waals surface area contributed by atoms with Gasteiger partial charge >= 0.3 is 0 Å². The molecule has 1 rings (SSSR count). The number of nitrogen functional groups attached to an aromatic ring is 1. The Morgan fingerprint density at radius 3 is 2.29 bits per heavy atom. The van der Waals surface area contributed by atoms with Crippen molar-refractivity contribution < 1.29 is 4.74 Å². The normalized spacial score (nSPS) is 10.8. The van der Waals surface area contributed by atoms with Crippen LogP contribution in [0, 0.1) is 0 Å². The summed E-state index contributed by atoms with van der Waals surface area (Å²) in [4.78, 5) is 2.43. The number of nitrogens with zero attached hydrogens (tertiary/aromatic N) is 1. The van der Waals surface area contributed by atoms with Crippen LogP contribution in [-0.4, -0.2) is 31.1 Å². The Hall–Kier alpha value is -1.22. The second-order valence-electron chi connectivity index (χ2n) is 4.15. The Balaban J connectivity index is 2.10. The molecule has 0 aromatic heterocycles. The predicted octanol–water partition coefficient (Wildman–Crippen LogP) is 2.77. The zero-order valence-corrected chi connectivity index (χ0v) is 11.0. The van der Waals surface area contributed by atoms with Crippen LogP contribution in [0.25, 0.3) is 0 Å². The number of hydrogen-bond donors (Lipinski definition) is 1. The first kappa shape index (κ1) is 13.8. The molecular formula is C14H24N2O. The largest absolute Gasteiger partial charge is 0.494 e. The highest BCUT2D eigenvalue weighted by atomic mass is 16.5. The van der Waals surface area contributed by atoms with Gasteiger partial charge in [0.25, 0.3) is 0 Å².